The molecule has 0 aliphatic carbocycles. The molecule has 0 saturated carbocycles. The average molecular weight is 314 g/mol. The minimum Gasteiger partial charge on any atom is -0.618 e. The highest BCUT2D eigenvalue weighted by atomic mass is 16.5. The zero-order valence-electron chi connectivity index (χ0n) is 12.5. The predicted octanol–water partition coefficient (Wildman–Crippen LogP) is 1.56. The molecular formula is C16H14N2O5. The van der Waals surface area contributed by atoms with Crippen LogP contribution < -0.4 is 19.8 Å². The normalized spacial score (nSPS) is 10.7. The number of benzene rings is 2. The number of fused-ring (bicyclic) bond motifs is 1. The van der Waals surface area contributed by atoms with Crippen molar-refractivity contribution in [2.24, 2.45) is 0 Å². The second-order valence-electron chi connectivity index (χ2n) is 4.81. The first-order valence-corrected chi connectivity index (χ1v) is 6.77. The van der Waals surface area contributed by atoms with Crippen LogP contribution in [-0.4, -0.2) is 24.2 Å². The summed E-state index contributed by atoms with van der Waals surface area (Å²) in [6, 6.07) is 11.0. The summed E-state index contributed by atoms with van der Waals surface area (Å²) in [5, 5.41) is 22.7. The van der Waals surface area contributed by atoms with Gasteiger partial charge in [-0.1, -0.05) is 12.1 Å². The van der Waals surface area contributed by atoms with Crippen LogP contribution in [0.25, 0.3) is 22.3 Å². The number of para-hydroxylation sites is 2. The lowest BCUT2D eigenvalue weighted by Crippen LogP contribution is -2.40. The molecule has 118 valence electrons. The molecule has 0 unspecified atom stereocenters. The smallest absolute Gasteiger partial charge is 0.357 e. The monoisotopic (exact) mass is 314 g/mol. The molecule has 0 radical (unpaired) electrons. The third-order valence-electron chi connectivity index (χ3n) is 3.59. The molecule has 0 bridgehead atoms. The van der Waals surface area contributed by atoms with Crippen LogP contribution in [0.15, 0.2) is 47.3 Å². The van der Waals surface area contributed by atoms with Crippen LogP contribution in [0.1, 0.15) is 0 Å². The van der Waals surface area contributed by atoms with Gasteiger partial charge < -0.3 is 19.9 Å². The van der Waals surface area contributed by atoms with Crippen molar-refractivity contribution in [3.63, 3.8) is 0 Å². The highest BCUT2D eigenvalue weighted by Gasteiger charge is 2.25. The molecule has 3 rings (SSSR count). The van der Waals surface area contributed by atoms with Crippen molar-refractivity contribution in [3.8, 4) is 22.8 Å². The Balaban J connectivity index is 2.39. The molecule has 0 amide bonds. The molecule has 0 fully saturated rings. The van der Waals surface area contributed by atoms with Gasteiger partial charge in [-0.3, -0.25) is 4.79 Å². The van der Waals surface area contributed by atoms with Gasteiger partial charge in [-0.2, -0.15) is 4.73 Å². The third kappa shape index (κ3) is 2.22. The van der Waals surface area contributed by atoms with Crippen LogP contribution in [0, 0.1) is 5.21 Å². The standard InChI is InChI=1S/C16H14N2O5/c1-22-10-7-8-11(14(9-10)23-2)15-16(19)18(21)13-6-4-3-5-12(13)17(15)20/h3-9,21H,1-2H3. The van der Waals surface area contributed by atoms with Crippen LogP contribution >= 0.6 is 0 Å². The first-order valence-electron chi connectivity index (χ1n) is 6.77. The molecule has 0 saturated heterocycles. The van der Waals surface area contributed by atoms with Crippen LogP contribution in [0.3, 0.4) is 0 Å². The van der Waals surface area contributed by atoms with Gasteiger partial charge in [-0.15, -0.1) is 4.73 Å². The van der Waals surface area contributed by atoms with Crippen LogP contribution in [0.5, 0.6) is 11.5 Å². The van der Waals surface area contributed by atoms with Crippen molar-refractivity contribution in [2.45, 2.75) is 0 Å². The number of hydrogen-bond donors (Lipinski definition) is 1. The molecule has 7 nitrogen and oxygen atoms in total. The van der Waals surface area contributed by atoms with E-state index in [-0.39, 0.29) is 22.3 Å². The number of aromatic nitrogens is 2. The van der Waals surface area contributed by atoms with E-state index in [1.807, 2.05) is 0 Å². The lowest BCUT2D eigenvalue weighted by molar-refractivity contribution is -0.566. The molecule has 7 heteroatoms. The van der Waals surface area contributed by atoms with E-state index >= 15 is 0 Å². The lowest BCUT2D eigenvalue weighted by atomic mass is 10.1. The Morgan fingerprint density at radius 3 is 2.57 bits per heavy atom. The summed E-state index contributed by atoms with van der Waals surface area (Å²) in [7, 11) is 2.92. The van der Waals surface area contributed by atoms with Crippen molar-refractivity contribution in [3.05, 3.63) is 58.0 Å². The highest BCUT2D eigenvalue weighted by molar-refractivity contribution is 5.74. The molecule has 0 spiro atoms. The first kappa shape index (κ1) is 14.7. The number of methoxy groups -OCH3 is 2. The van der Waals surface area contributed by atoms with Crippen molar-refractivity contribution >= 4 is 11.0 Å². The number of hydrogen-bond acceptors (Lipinski definition) is 5. The molecule has 3 aromatic rings. The van der Waals surface area contributed by atoms with Gasteiger partial charge in [0.2, 0.25) is 5.52 Å². The van der Waals surface area contributed by atoms with E-state index in [1.54, 1.807) is 24.3 Å². The fourth-order valence-corrected chi connectivity index (χ4v) is 2.45. The Morgan fingerprint density at radius 2 is 1.87 bits per heavy atom. The van der Waals surface area contributed by atoms with Crippen LogP contribution in [0.4, 0.5) is 0 Å². The van der Waals surface area contributed by atoms with Gasteiger partial charge in [0.05, 0.1) is 19.8 Å². The van der Waals surface area contributed by atoms with Crippen LogP contribution in [-0.2, 0) is 0 Å². The zero-order chi connectivity index (χ0) is 16.6. The Labute approximate surface area is 131 Å². The summed E-state index contributed by atoms with van der Waals surface area (Å²) in [6.45, 7) is 0. The fraction of sp³-hybridized carbons (Fsp3) is 0.125. The SMILES string of the molecule is COc1ccc(-c2c(=O)n(O)c3ccccc3[n+]2[O-])c(OC)c1. The largest absolute Gasteiger partial charge is 0.618 e. The molecule has 0 atom stereocenters. The molecule has 0 aliphatic heterocycles. The summed E-state index contributed by atoms with van der Waals surface area (Å²) >= 11 is 0. The average Bonchev–Trinajstić information content (AvgIpc) is 2.60. The summed E-state index contributed by atoms with van der Waals surface area (Å²) in [6.07, 6.45) is 0. The van der Waals surface area contributed by atoms with Gasteiger partial charge in [-0.25, -0.2) is 0 Å². The Hall–Kier alpha value is -3.22. The van der Waals surface area contributed by atoms with E-state index in [2.05, 4.69) is 0 Å². The second kappa shape index (κ2) is 5.53. The van der Waals surface area contributed by atoms with E-state index in [0.29, 0.717) is 21.0 Å². The minimum atomic E-state index is -0.831. The molecule has 23 heavy (non-hydrogen) atoms. The molecule has 2 aromatic carbocycles. The molecule has 1 N–H and O–H groups in total. The Bertz CT molecular complexity index is 949. The quantitative estimate of drug-likeness (QED) is 0.450. The van der Waals surface area contributed by atoms with Crippen molar-refractivity contribution in [1.29, 1.82) is 0 Å². The summed E-state index contributed by atoms with van der Waals surface area (Å²) in [4.78, 5) is 12.4. The van der Waals surface area contributed by atoms with Gasteiger partial charge in [0, 0.05) is 12.1 Å². The summed E-state index contributed by atoms with van der Waals surface area (Å²) < 4.78 is 11.3. The summed E-state index contributed by atoms with van der Waals surface area (Å²) in [5.41, 5.74) is -0.499. The molecular weight excluding hydrogens is 300 g/mol. The topological polar surface area (TPSA) is 87.6 Å². The maximum absolute atomic E-state index is 12.6. The number of nitrogens with zero attached hydrogens (tertiary/aromatic N) is 2. The van der Waals surface area contributed by atoms with Gasteiger partial charge >= 0.3 is 5.56 Å². The van der Waals surface area contributed by atoms with Gasteiger partial charge in [-0.05, 0) is 18.2 Å². The highest BCUT2D eigenvalue weighted by Crippen LogP contribution is 2.30. The van der Waals surface area contributed by atoms with Crippen molar-refractivity contribution in [2.75, 3.05) is 14.2 Å². The Kier molecular flexibility index (Phi) is 3.53. The molecule has 0 aliphatic rings. The van der Waals surface area contributed by atoms with Gasteiger partial charge in [0.1, 0.15) is 11.5 Å². The Morgan fingerprint density at radius 1 is 1.13 bits per heavy atom. The van der Waals surface area contributed by atoms with Gasteiger partial charge in [0.25, 0.3) is 5.69 Å². The first-order chi connectivity index (χ1) is 11.1. The summed E-state index contributed by atoms with van der Waals surface area (Å²) in [5.74, 6) is 0.814. The minimum absolute atomic E-state index is 0.128. The van der Waals surface area contributed by atoms with Gasteiger partial charge in [0.15, 0.2) is 5.52 Å². The van der Waals surface area contributed by atoms with Crippen LogP contribution in [0.2, 0.25) is 0 Å². The number of ether oxygens (including phenoxy) is 2. The van der Waals surface area contributed by atoms with Crippen molar-refractivity contribution < 1.29 is 19.4 Å². The van der Waals surface area contributed by atoms with Crippen molar-refractivity contribution in [1.82, 2.24) is 4.73 Å². The maximum Gasteiger partial charge on any atom is 0.357 e. The maximum atomic E-state index is 12.6. The van der Waals surface area contributed by atoms with E-state index in [1.165, 1.54) is 32.4 Å². The predicted molar refractivity (Wildman–Crippen MR) is 82.9 cm³/mol. The lowest BCUT2D eigenvalue weighted by Gasteiger charge is -2.12. The number of rotatable bonds is 3. The molecule has 1 aromatic heterocycles. The third-order valence-corrected chi connectivity index (χ3v) is 3.59. The van der Waals surface area contributed by atoms with E-state index < -0.39 is 5.56 Å². The van der Waals surface area contributed by atoms with E-state index in [9.17, 15) is 15.2 Å². The zero-order valence-corrected chi connectivity index (χ0v) is 12.5. The fourth-order valence-electron chi connectivity index (χ4n) is 2.45. The molecule has 1 heterocycles. The van der Waals surface area contributed by atoms with E-state index in [0.717, 1.165) is 0 Å². The van der Waals surface area contributed by atoms with E-state index in [4.69, 9.17) is 9.47 Å². The second-order valence-corrected chi connectivity index (χ2v) is 4.81.